The van der Waals surface area contributed by atoms with Gasteiger partial charge in [0.05, 0.1) is 13.2 Å². The molecule has 0 aliphatic carbocycles. The molecule has 1 unspecified atom stereocenters. The summed E-state index contributed by atoms with van der Waals surface area (Å²) in [4.78, 5) is 35.0. The van der Waals surface area contributed by atoms with Crippen molar-refractivity contribution in [3.63, 3.8) is 0 Å². The van der Waals surface area contributed by atoms with Gasteiger partial charge in [-0.3, -0.25) is 18.6 Å². The molecule has 2 atom stereocenters. The minimum atomic E-state index is -4.39. The normalized spacial score (nSPS) is 13.5. The quantitative estimate of drug-likeness (QED) is 0.0265. The first-order valence-corrected chi connectivity index (χ1v) is 26.0. The Morgan fingerprint density at radius 3 is 1.36 bits per heavy atom. The molecule has 0 saturated heterocycles. The number of carbonyl (C=O) groups is 2. The lowest BCUT2D eigenvalue weighted by Crippen LogP contribution is -2.29. The van der Waals surface area contributed by atoms with Gasteiger partial charge in [0.15, 0.2) is 6.10 Å². The number of rotatable bonds is 46. The van der Waals surface area contributed by atoms with E-state index in [1.807, 2.05) is 0 Å². The molecule has 10 heteroatoms. The van der Waals surface area contributed by atoms with Crippen molar-refractivity contribution in [3.8, 4) is 0 Å². The van der Waals surface area contributed by atoms with Gasteiger partial charge in [0.1, 0.15) is 6.61 Å². The van der Waals surface area contributed by atoms with Crippen LogP contribution < -0.4 is 5.73 Å². The molecule has 59 heavy (non-hydrogen) atoms. The second-order valence-corrected chi connectivity index (χ2v) is 17.8. The molecule has 0 fully saturated rings. The van der Waals surface area contributed by atoms with Gasteiger partial charge in [-0.25, -0.2) is 4.57 Å². The van der Waals surface area contributed by atoms with Crippen molar-refractivity contribution in [2.24, 2.45) is 5.73 Å². The van der Waals surface area contributed by atoms with Crippen molar-refractivity contribution in [3.05, 3.63) is 36.5 Å². The molecule has 0 rings (SSSR count). The maximum atomic E-state index is 12.6. The molecule has 346 valence electrons. The number of allylic oxidation sites excluding steroid dienone is 6. The molecule has 0 aliphatic heterocycles. The summed E-state index contributed by atoms with van der Waals surface area (Å²) in [5.41, 5.74) is 5.36. The number of phosphoric ester groups is 1. The highest BCUT2D eigenvalue weighted by atomic mass is 31.2. The van der Waals surface area contributed by atoms with Crippen LogP contribution in [0.3, 0.4) is 0 Å². The Morgan fingerprint density at radius 2 is 0.898 bits per heavy atom. The molecular formula is C49H92NO8P. The summed E-state index contributed by atoms with van der Waals surface area (Å²) in [6.07, 6.45) is 51.9. The third-order valence-corrected chi connectivity index (χ3v) is 11.5. The molecule has 3 N–H and O–H groups in total. The van der Waals surface area contributed by atoms with Crippen LogP contribution in [0.5, 0.6) is 0 Å². The summed E-state index contributed by atoms with van der Waals surface area (Å²) in [5, 5.41) is 0. The van der Waals surface area contributed by atoms with E-state index in [1.54, 1.807) is 0 Å². The van der Waals surface area contributed by atoms with E-state index in [2.05, 4.69) is 50.3 Å². The average molecular weight is 854 g/mol. The SMILES string of the molecule is CCCCCCCC/C=C/CCCCCCCCCCCCCC(=O)O[C@H](COC(=O)CCC/C=C/C/C=C/CCCCCCCCCCC)COP(=O)(O)OCCN. The Hall–Kier alpha value is -1.77. The zero-order valence-corrected chi connectivity index (χ0v) is 39.1. The molecule has 9 nitrogen and oxygen atoms in total. The Labute approximate surface area is 363 Å². The van der Waals surface area contributed by atoms with Crippen molar-refractivity contribution in [1.29, 1.82) is 0 Å². The van der Waals surface area contributed by atoms with Gasteiger partial charge < -0.3 is 20.1 Å². The molecule has 0 spiro atoms. The number of nitrogens with two attached hydrogens (primary N) is 1. The third kappa shape index (κ3) is 45.6. The summed E-state index contributed by atoms with van der Waals surface area (Å²) in [6, 6.07) is 0. The van der Waals surface area contributed by atoms with Crippen LogP contribution in [0, 0.1) is 0 Å². The summed E-state index contributed by atoms with van der Waals surface area (Å²) >= 11 is 0. The van der Waals surface area contributed by atoms with Crippen LogP contribution in [0.4, 0.5) is 0 Å². The highest BCUT2D eigenvalue weighted by Gasteiger charge is 2.26. The number of ether oxygens (including phenoxy) is 2. The van der Waals surface area contributed by atoms with E-state index in [1.165, 1.54) is 154 Å². The van der Waals surface area contributed by atoms with E-state index in [0.29, 0.717) is 12.8 Å². The zero-order valence-electron chi connectivity index (χ0n) is 38.2. The molecular weight excluding hydrogens is 762 g/mol. The average Bonchev–Trinajstić information content (AvgIpc) is 3.22. The van der Waals surface area contributed by atoms with Gasteiger partial charge in [-0.15, -0.1) is 0 Å². The van der Waals surface area contributed by atoms with Gasteiger partial charge in [0, 0.05) is 19.4 Å². The van der Waals surface area contributed by atoms with Crippen LogP contribution in [-0.4, -0.2) is 49.3 Å². The Kier molecular flexibility index (Phi) is 44.4. The standard InChI is InChI=1S/C49H92NO8P/c1-3-5-7-9-11-13-15-17-19-21-22-23-24-26-28-30-32-34-36-38-40-42-49(52)58-47(46-57-59(53,54)56-44-43-50)45-55-48(51)41-39-37-35-33-31-29-27-25-20-18-16-14-12-10-8-6-4-2/h17,19,27,29,33,35,47H,3-16,18,20-26,28,30-32,34,36-46,50H2,1-2H3,(H,53,54)/b19-17+,29-27+,35-33+/t47-/m1/s1. The van der Waals surface area contributed by atoms with Gasteiger partial charge in [0.25, 0.3) is 0 Å². The van der Waals surface area contributed by atoms with Crippen molar-refractivity contribution in [2.45, 2.75) is 238 Å². The summed E-state index contributed by atoms with van der Waals surface area (Å²) in [6.45, 7) is 3.71. The second-order valence-electron chi connectivity index (χ2n) is 16.3. The Balaban J connectivity index is 4.11. The maximum Gasteiger partial charge on any atom is 0.472 e. The zero-order chi connectivity index (χ0) is 43.2. The molecule has 0 radical (unpaired) electrons. The first-order valence-electron chi connectivity index (χ1n) is 24.5. The largest absolute Gasteiger partial charge is 0.472 e. The van der Waals surface area contributed by atoms with Crippen molar-refractivity contribution in [2.75, 3.05) is 26.4 Å². The maximum absolute atomic E-state index is 12.6. The number of phosphoric acid groups is 1. The fourth-order valence-corrected chi connectivity index (χ4v) is 7.61. The number of hydrogen-bond acceptors (Lipinski definition) is 8. The molecule has 0 aromatic rings. The first kappa shape index (κ1) is 57.2. The summed E-state index contributed by atoms with van der Waals surface area (Å²) in [5.74, 6) is -0.875. The van der Waals surface area contributed by atoms with Gasteiger partial charge in [0.2, 0.25) is 0 Å². The van der Waals surface area contributed by atoms with Crippen molar-refractivity contribution >= 4 is 19.8 Å². The van der Waals surface area contributed by atoms with Gasteiger partial charge in [-0.1, -0.05) is 192 Å². The molecule has 0 amide bonds. The van der Waals surface area contributed by atoms with Crippen molar-refractivity contribution in [1.82, 2.24) is 0 Å². The van der Waals surface area contributed by atoms with Crippen LogP contribution in [0.25, 0.3) is 0 Å². The predicted octanol–water partition coefficient (Wildman–Crippen LogP) is 14.5. The smallest absolute Gasteiger partial charge is 0.462 e. The van der Waals surface area contributed by atoms with E-state index in [9.17, 15) is 19.0 Å². The fraction of sp³-hybridized carbons (Fsp3) is 0.837. The third-order valence-electron chi connectivity index (χ3n) is 10.5. The summed E-state index contributed by atoms with van der Waals surface area (Å²) < 4.78 is 32.8. The van der Waals surface area contributed by atoms with E-state index >= 15 is 0 Å². The van der Waals surface area contributed by atoms with Crippen LogP contribution >= 0.6 is 7.82 Å². The molecule has 0 heterocycles. The minimum absolute atomic E-state index is 0.0485. The minimum Gasteiger partial charge on any atom is -0.462 e. The lowest BCUT2D eigenvalue weighted by Gasteiger charge is -2.19. The predicted molar refractivity (Wildman–Crippen MR) is 247 cm³/mol. The Morgan fingerprint density at radius 1 is 0.508 bits per heavy atom. The number of unbranched alkanes of at least 4 members (excludes halogenated alkanes) is 27. The van der Waals surface area contributed by atoms with Crippen LogP contribution in [0.2, 0.25) is 0 Å². The molecule has 0 aromatic carbocycles. The monoisotopic (exact) mass is 854 g/mol. The second kappa shape index (κ2) is 45.7. The van der Waals surface area contributed by atoms with Gasteiger partial charge >= 0.3 is 19.8 Å². The molecule has 0 saturated carbocycles. The lowest BCUT2D eigenvalue weighted by molar-refractivity contribution is -0.161. The Bertz CT molecular complexity index is 1060. The molecule has 0 aromatic heterocycles. The van der Waals surface area contributed by atoms with Gasteiger partial charge in [-0.2, -0.15) is 0 Å². The first-order chi connectivity index (χ1) is 28.8. The van der Waals surface area contributed by atoms with E-state index in [-0.39, 0.29) is 32.6 Å². The number of esters is 2. The van der Waals surface area contributed by atoms with Crippen LogP contribution in [-0.2, 0) is 32.7 Å². The highest BCUT2D eigenvalue weighted by Crippen LogP contribution is 2.43. The molecule has 0 aliphatic rings. The van der Waals surface area contributed by atoms with Gasteiger partial charge in [-0.05, 0) is 64.2 Å². The van der Waals surface area contributed by atoms with E-state index in [4.69, 9.17) is 24.3 Å². The van der Waals surface area contributed by atoms with E-state index < -0.39 is 32.5 Å². The lowest BCUT2D eigenvalue weighted by atomic mass is 10.0. The van der Waals surface area contributed by atoms with E-state index in [0.717, 1.165) is 38.5 Å². The van der Waals surface area contributed by atoms with Crippen LogP contribution in [0.1, 0.15) is 232 Å². The topological polar surface area (TPSA) is 134 Å². The summed E-state index contributed by atoms with van der Waals surface area (Å²) in [7, 11) is -4.39. The number of carbonyl (C=O) groups excluding carboxylic acids is 2. The highest BCUT2D eigenvalue weighted by molar-refractivity contribution is 7.47. The number of hydrogen-bond donors (Lipinski definition) is 2. The fourth-order valence-electron chi connectivity index (χ4n) is 6.85. The van der Waals surface area contributed by atoms with Crippen molar-refractivity contribution < 1.29 is 37.6 Å². The van der Waals surface area contributed by atoms with Crippen LogP contribution in [0.15, 0.2) is 36.5 Å². The molecule has 0 bridgehead atoms.